The maximum absolute atomic E-state index is 13.0. The summed E-state index contributed by atoms with van der Waals surface area (Å²) in [6.45, 7) is 1.20. The highest BCUT2D eigenvalue weighted by Gasteiger charge is 2.37. The number of carbonyl (C=O) groups excluding carboxylic acids is 2. The predicted octanol–water partition coefficient (Wildman–Crippen LogP) is 1.33. The van der Waals surface area contributed by atoms with Crippen molar-refractivity contribution >= 4 is 34.5 Å². The molecule has 4 rings (SSSR count). The molecule has 0 saturated heterocycles. The van der Waals surface area contributed by atoms with Crippen molar-refractivity contribution < 1.29 is 24.5 Å². The number of aromatic nitrogens is 3. The van der Waals surface area contributed by atoms with Gasteiger partial charge in [0.25, 0.3) is 5.22 Å². The monoisotopic (exact) mass is 444 g/mol. The molecule has 31 heavy (non-hydrogen) atoms. The number of quaternary nitrogens is 1. The van der Waals surface area contributed by atoms with Gasteiger partial charge in [0.15, 0.2) is 0 Å². The fourth-order valence-electron chi connectivity index (χ4n) is 3.87. The highest BCUT2D eigenvalue weighted by atomic mass is 32.2. The molecule has 0 unspecified atom stereocenters. The summed E-state index contributed by atoms with van der Waals surface area (Å²) in [7, 11) is 1.35. The number of unbranched alkanes of at least 4 members (excludes halogenated alkanes) is 1. The molecule has 1 aromatic carbocycles. The van der Waals surface area contributed by atoms with Crippen molar-refractivity contribution in [3.8, 4) is 0 Å². The Morgan fingerprint density at radius 1 is 1.32 bits per heavy atom. The Bertz CT molecular complexity index is 1080. The van der Waals surface area contributed by atoms with E-state index in [-0.39, 0.29) is 11.7 Å². The lowest BCUT2D eigenvalue weighted by Crippen LogP contribution is -2.50. The van der Waals surface area contributed by atoms with Crippen molar-refractivity contribution in [1.82, 2.24) is 20.1 Å². The summed E-state index contributed by atoms with van der Waals surface area (Å²) in [5, 5.41) is 9.47. The van der Waals surface area contributed by atoms with Gasteiger partial charge in [0.1, 0.15) is 6.04 Å². The zero-order valence-corrected chi connectivity index (χ0v) is 18.2. The number of hydrogen-bond acceptors (Lipinski definition) is 7. The Labute approximate surface area is 183 Å². The SMILES string of the molecule is COC(=O)[C@H]1Cc2c([nH]c3ccccc23)CN1C(=O)CSc1nnc(CCCC[NH3+])o1. The van der Waals surface area contributed by atoms with Gasteiger partial charge in [-0.25, -0.2) is 4.79 Å². The van der Waals surface area contributed by atoms with Crippen LogP contribution in [0, 0.1) is 0 Å². The van der Waals surface area contributed by atoms with Crippen LogP contribution in [0.4, 0.5) is 0 Å². The molecule has 0 bridgehead atoms. The number of aromatic amines is 1. The molecule has 3 aromatic rings. The van der Waals surface area contributed by atoms with Gasteiger partial charge in [0.05, 0.1) is 26.0 Å². The van der Waals surface area contributed by atoms with Crippen molar-refractivity contribution in [2.75, 3.05) is 19.4 Å². The number of esters is 1. The molecule has 0 radical (unpaired) electrons. The molecule has 1 amide bonds. The van der Waals surface area contributed by atoms with Crippen LogP contribution in [0.25, 0.3) is 10.9 Å². The molecule has 3 heterocycles. The average molecular weight is 445 g/mol. The van der Waals surface area contributed by atoms with Gasteiger partial charge in [-0.2, -0.15) is 0 Å². The summed E-state index contributed by atoms with van der Waals surface area (Å²) >= 11 is 1.18. The van der Waals surface area contributed by atoms with E-state index in [4.69, 9.17) is 9.15 Å². The number of para-hydroxylation sites is 1. The molecule has 9 nitrogen and oxygen atoms in total. The lowest BCUT2D eigenvalue weighted by molar-refractivity contribution is -0.368. The molecule has 4 N–H and O–H groups in total. The van der Waals surface area contributed by atoms with Crippen LogP contribution in [0.15, 0.2) is 33.9 Å². The third-order valence-corrected chi connectivity index (χ3v) is 6.26. The highest BCUT2D eigenvalue weighted by molar-refractivity contribution is 7.99. The van der Waals surface area contributed by atoms with Crippen LogP contribution in [0.5, 0.6) is 0 Å². The minimum Gasteiger partial charge on any atom is -0.467 e. The van der Waals surface area contributed by atoms with Gasteiger partial charge in [-0.1, -0.05) is 30.0 Å². The second kappa shape index (κ2) is 9.52. The molecule has 1 aliphatic rings. The first-order valence-electron chi connectivity index (χ1n) is 10.3. The summed E-state index contributed by atoms with van der Waals surface area (Å²) < 4.78 is 10.6. The molecule has 164 valence electrons. The number of thioether (sulfide) groups is 1. The van der Waals surface area contributed by atoms with Crippen LogP contribution >= 0.6 is 11.8 Å². The minimum absolute atomic E-state index is 0.101. The number of amides is 1. The summed E-state index contributed by atoms with van der Waals surface area (Å²) in [5.74, 6) is 0.0710. The predicted molar refractivity (Wildman–Crippen MR) is 114 cm³/mol. The van der Waals surface area contributed by atoms with Crippen LogP contribution in [0.2, 0.25) is 0 Å². The first-order valence-corrected chi connectivity index (χ1v) is 11.3. The van der Waals surface area contributed by atoms with Gasteiger partial charge in [-0.3, -0.25) is 4.79 Å². The van der Waals surface area contributed by atoms with Crippen molar-refractivity contribution in [2.45, 2.75) is 43.5 Å². The minimum atomic E-state index is -0.661. The van der Waals surface area contributed by atoms with Gasteiger partial charge >= 0.3 is 5.97 Å². The molecule has 10 heteroatoms. The Morgan fingerprint density at radius 2 is 2.16 bits per heavy atom. The molecular weight excluding hydrogens is 418 g/mol. The lowest BCUT2D eigenvalue weighted by Gasteiger charge is -2.33. The van der Waals surface area contributed by atoms with E-state index in [0.29, 0.717) is 30.5 Å². The number of nitrogens with zero attached hydrogens (tertiary/aromatic N) is 3. The smallest absolute Gasteiger partial charge is 0.328 e. The van der Waals surface area contributed by atoms with Crippen LogP contribution < -0.4 is 5.73 Å². The lowest BCUT2D eigenvalue weighted by atomic mass is 9.96. The molecule has 1 aliphatic heterocycles. The third kappa shape index (κ3) is 4.59. The van der Waals surface area contributed by atoms with Crippen molar-refractivity contribution in [2.24, 2.45) is 0 Å². The molecule has 0 saturated carbocycles. The van der Waals surface area contributed by atoms with Gasteiger partial charge < -0.3 is 24.8 Å². The van der Waals surface area contributed by atoms with E-state index in [9.17, 15) is 9.59 Å². The normalized spacial score (nSPS) is 15.8. The number of carbonyl (C=O) groups is 2. The van der Waals surface area contributed by atoms with Crippen LogP contribution in [-0.4, -0.2) is 57.4 Å². The molecule has 0 spiro atoms. The van der Waals surface area contributed by atoms with Gasteiger partial charge in [-0.05, 0) is 24.5 Å². The van der Waals surface area contributed by atoms with Gasteiger partial charge in [0.2, 0.25) is 11.8 Å². The fourth-order valence-corrected chi connectivity index (χ4v) is 4.54. The number of fused-ring (bicyclic) bond motifs is 3. The maximum Gasteiger partial charge on any atom is 0.328 e. The number of aryl methyl sites for hydroxylation is 1. The van der Waals surface area contributed by atoms with E-state index in [2.05, 4.69) is 20.9 Å². The topological polar surface area (TPSA) is 129 Å². The summed E-state index contributed by atoms with van der Waals surface area (Å²) in [6, 6.07) is 7.28. The number of rotatable bonds is 8. The van der Waals surface area contributed by atoms with Crippen molar-refractivity contribution in [3.63, 3.8) is 0 Å². The molecule has 2 aromatic heterocycles. The van der Waals surface area contributed by atoms with Gasteiger partial charge in [-0.15, -0.1) is 10.2 Å². The van der Waals surface area contributed by atoms with Crippen molar-refractivity contribution in [1.29, 1.82) is 0 Å². The quantitative estimate of drug-likeness (QED) is 0.305. The van der Waals surface area contributed by atoms with E-state index < -0.39 is 12.0 Å². The largest absolute Gasteiger partial charge is 0.467 e. The first-order chi connectivity index (χ1) is 15.1. The number of ether oxygens (including phenoxy) is 1. The number of benzene rings is 1. The van der Waals surface area contributed by atoms with Crippen LogP contribution in [-0.2, 0) is 33.7 Å². The molecule has 0 fully saturated rings. The zero-order valence-electron chi connectivity index (χ0n) is 17.4. The zero-order chi connectivity index (χ0) is 21.8. The maximum atomic E-state index is 13.0. The van der Waals surface area contributed by atoms with E-state index in [1.165, 1.54) is 18.9 Å². The highest BCUT2D eigenvalue weighted by Crippen LogP contribution is 2.31. The molecule has 1 atom stereocenters. The Hall–Kier alpha value is -2.85. The number of nitrogens with one attached hydrogen (secondary N) is 1. The van der Waals surface area contributed by atoms with E-state index >= 15 is 0 Å². The van der Waals surface area contributed by atoms with Crippen molar-refractivity contribution in [3.05, 3.63) is 41.4 Å². The number of H-pyrrole nitrogens is 1. The van der Waals surface area contributed by atoms with Crippen LogP contribution in [0.1, 0.15) is 30.0 Å². The Balaban J connectivity index is 1.46. The number of methoxy groups -OCH3 is 1. The van der Waals surface area contributed by atoms with E-state index in [0.717, 1.165) is 41.5 Å². The standard InChI is InChI=1S/C21H25N5O4S/c1-29-20(28)17-10-14-13-6-2-3-7-15(13)23-16(14)11-26(17)19(27)12-31-21-25-24-18(30-21)8-4-5-9-22/h2-3,6-7,17,23H,4-5,8-12,22H2,1H3/p+1/t17-/m1/s1. The Morgan fingerprint density at radius 3 is 2.97 bits per heavy atom. The van der Waals surface area contributed by atoms with Gasteiger partial charge in [0, 0.05) is 29.4 Å². The van der Waals surface area contributed by atoms with E-state index in [1.54, 1.807) is 4.90 Å². The fraction of sp³-hybridized carbons (Fsp3) is 0.429. The average Bonchev–Trinajstić information content (AvgIpc) is 3.40. The molecular formula is C21H26N5O4S+. The second-order valence-electron chi connectivity index (χ2n) is 7.45. The number of hydrogen-bond donors (Lipinski definition) is 2. The summed E-state index contributed by atoms with van der Waals surface area (Å²) in [4.78, 5) is 30.5. The first kappa shape index (κ1) is 21.4. The summed E-state index contributed by atoms with van der Waals surface area (Å²) in [5.41, 5.74) is 6.83. The van der Waals surface area contributed by atoms with E-state index in [1.807, 2.05) is 24.3 Å². The third-order valence-electron chi connectivity index (χ3n) is 5.46. The summed E-state index contributed by atoms with van der Waals surface area (Å²) in [6.07, 6.45) is 3.06. The second-order valence-corrected chi connectivity index (χ2v) is 8.38. The molecule has 0 aliphatic carbocycles. The Kier molecular flexibility index (Phi) is 6.57. The van der Waals surface area contributed by atoms with Crippen LogP contribution in [0.3, 0.4) is 0 Å².